The molecule has 1 aromatic carbocycles. The van der Waals surface area contributed by atoms with Crippen molar-refractivity contribution < 1.29 is 0 Å². The van der Waals surface area contributed by atoms with Crippen LogP contribution in [0.5, 0.6) is 0 Å². The molecule has 0 aromatic heterocycles. The average Bonchev–Trinajstić information content (AvgIpc) is 2.32. The topological polar surface area (TPSA) is 0 Å². The van der Waals surface area contributed by atoms with E-state index in [1.165, 1.54) is 30.6 Å². The zero-order valence-corrected chi connectivity index (χ0v) is 13.1. The third kappa shape index (κ3) is 2.69. The molecule has 1 unspecified atom stereocenters. The first kappa shape index (κ1) is 13.4. The van der Waals surface area contributed by atoms with Crippen molar-refractivity contribution in [2.75, 3.05) is 5.75 Å². The van der Waals surface area contributed by atoms with E-state index in [2.05, 4.69) is 56.6 Å². The summed E-state index contributed by atoms with van der Waals surface area (Å²) in [6.45, 7) is 0. The van der Waals surface area contributed by atoms with Crippen molar-refractivity contribution in [2.45, 2.75) is 44.1 Å². The highest BCUT2D eigenvalue weighted by molar-refractivity contribution is 7.99. The lowest BCUT2D eigenvalue weighted by Gasteiger charge is -2.24. The van der Waals surface area contributed by atoms with Crippen molar-refractivity contribution in [3.8, 4) is 0 Å². The summed E-state index contributed by atoms with van der Waals surface area (Å²) in [7, 11) is 0. The van der Waals surface area contributed by atoms with Crippen molar-refractivity contribution in [3.63, 3.8) is 0 Å². The lowest BCUT2D eigenvalue weighted by Crippen LogP contribution is -2.04. The second kappa shape index (κ2) is 5.74. The summed E-state index contributed by atoms with van der Waals surface area (Å²) in [6, 6.07) is 2.09. The first-order valence-corrected chi connectivity index (χ1v) is 8.03. The number of thioether (sulfide) groups is 1. The molecule has 0 amide bonds. The molecule has 1 aliphatic rings. The predicted molar refractivity (Wildman–Crippen MR) is 84.5 cm³/mol. The van der Waals surface area contributed by atoms with Crippen LogP contribution in [0.25, 0.3) is 0 Å². The fourth-order valence-electron chi connectivity index (χ4n) is 1.89. The lowest BCUT2D eigenvalue weighted by atomic mass is 10.1. The third-order valence-corrected chi connectivity index (χ3v) is 6.48. The average molecular weight is 307 g/mol. The summed E-state index contributed by atoms with van der Waals surface area (Å²) in [4.78, 5) is 3.53. The molecule has 88 valence electrons. The Kier molecular flexibility index (Phi) is 4.81. The number of benzene rings is 1. The highest BCUT2D eigenvalue weighted by Gasteiger charge is 2.20. The van der Waals surface area contributed by atoms with Crippen molar-refractivity contribution in [1.29, 1.82) is 0 Å². The second-order valence-corrected chi connectivity index (χ2v) is 7.02. The highest BCUT2D eigenvalue weighted by Crippen LogP contribution is 2.44. The summed E-state index contributed by atoms with van der Waals surface area (Å²) in [6.07, 6.45) is 3.86. The first-order valence-electron chi connectivity index (χ1n) is 5.19. The fourth-order valence-corrected chi connectivity index (χ4v) is 4.51. The van der Waals surface area contributed by atoms with E-state index in [4.69, 9.17) is 0 Å². The van der Waals surface area contributed by atoms with Gasteiger partial charge in [-0.15, -0.1) is 50.5 Å². The first-order chi connectivity index (χ1) is 7.61. The second-order valence-electron chi connectivity index (χ2n) is 3.89. The quantitative estimate of drug-likeness (QED) is 0.541. The molecule has 1 saturated heterocycles. The Balaban J connectivity index is 2.40. The molecule has 0 saturated carbocycles. The van der Waals surface area contributed by atoms with Gasteiger partial charge in [0.15, 0.2) is 0 Å². The number of hydrogen-bond donors (Lipinski definition) is 4. The number of thiol groups is 4. The predicted octanol–water partition coefficient (Wildman–Crippen LogP) is 4.80. The maximum Gasteiger partial charge on any atom is 0.0322 e. The summed E-state index contributed by atoms with van der Waals surface area (Å²) in [5.74, 6) is 1.24. The van der Waals surface area contributed by atoms with E-state index >= 15 is 0 Å². The van der Waals surface area contributed by atoms with Gasteiger partial charge in [-0.25, -0.2) is 0 Å². The SMILES string of the molecule is Sc1cc(C2CCCCS2)c(S)c(S)c1S. The van der Waals surface area contributed by atoms with Gasteiger partial charge in [-0.3, -0.25) is 0 Å². The number of hydrogen-bond acceptors (Lipinski definition) is 5. The van der Waals surface area contributed by atoms with Gasteiger partial charge in [-0.05, 0) is 30.2 Å². The molecule has 1 atom stereocenters. The molecule has 0 bridgehead atoms. The van der Waals surface area contributed by atoms with Gasteiger partial charge in [0, 0.05) is 24.8 Å². The Bertz CT molecular complexity index is 396. The van der Waals surface area contributed by atoms with Crippen LogP contribution < -0.4 is 0 Å². The summed E-state index contributed by atoms with van der Waals surface area (Å²) in [5.41, 5.74) is 1.26. The molecule has 0 N–H and O–H groups in total. The zero-order valence-electron chi connectivity index (χ0n) is 8.68. The van der Waals surface area contributed by atoms with E-state index < -0.39 is 0 Å². The Morgan fingerprint density at radius 1 is 1.00 bits per heavy atom. The summed E-state index contributed by atoms with van der Waals surface area (Å²) >= 11 is 19.9. The molecule has 1 aromatic rings. The van der Waals surface area contributed by atoms with E-state index in [1.807, 2.05) is 11.8 Å². The van der Waals surface area contributed by atoms with E-state index in [0.29, 0.717) is 5.25 Å². The van der Waals surface area contributed by atoms with Crippen LogP contribution in [0.3, 0.4) is 0 Å². The van der Waals surface area contributed by atoms with Crippen molar-refractivity contribution in [2.24, 2.45) is 0 Å². The van der Waals surface area contributed by atoms with Crippen LogP contribution in [0.15, 0.2) is 25.6 Å². The van der Waals surface area contributed by atoms with Crippen LogP contribution in [-0.2, 0) is 0 Å². The van der Waals surface area contributed by atoms with Crippen molar-refractivity contribution in [1.82, 2.24) is 0 Å². The minimum Gasteiger partial charge on any atom is -0.154 e. The molecular weight excluding hydrogens is 292 g/mol. The maximum atomic E-state index is 4.57. The van der Waals surface area contributed by atoms with Gasteiger partial charge in [-0.2, -0.15) is 11.8 Å². The number of rotatable bonds is 1. The minimum atomic E-state index is 0.548. The van der Waals surface area contributed by atoms with Crippen LogP contribution >= 0.6 is 62.3 Å². The van der Waals surface area contributed by atoms with Gasteiger partial charge in [0.25, 0.3) is 0 Å². The van der Waals surface area contributed by atoms with Crippen LogP contribution in [-0.4, -0.2) is 5.75 Å². The molecule has 0 nitrogen and oxygen atoms in total. The Hall–Kier alpha value is 0.970. The molecule has 0 spiro atoms. The highest BCUT2D eigenvalue weighted by atomic mass is 32.2. The molecule has 2 rings (SSSR count). The molecular formula is C11H14S5. The maximum absolute atomic E-state index is 4.57. The van der Waals surface area contributed by atoms with Gasteiger partial charge in [-0.1, -0.05) is 6.42 Å². The standard InChI is InChI=1S/C11H14S5/c12-7-5-6(8-3-1-2-4-16-8)9(13)11(15)10(7)14/h5,8,12-15H,1-4H2. The summed E-state index contributed by atoms with van der Waals surface area (Å²) < 4.78 is 0. The smallest absolute Gasteiger partial charge is 0.0322 e. The van der Waals surface area contributed by atoms with Gasteiger partial charge in [0.2, 0.25) is 0 Å². The molecule has 5 heteroatoms. The molecule has 1 heterocycles. The van der Waals surface area contributed by atoms with Crippen molar-refractivity contribution in [3.05, 3.63) is 11.6 Å². The molecule has 16 heavy (non-hydrogen) atoms. The van der Waals surface area contributed by atoms with Gasteiger partial charge in [0.05, 0.1) is 0 Å². The molecule has 0 radical (unpaired) electrons. The minimum absolute atomic E-state index is 0.548. The van der Waals surface area contributed by atoms with Gasteiger partial charge >= 0.3 is 0 Å². The third-order valence-electron chi connectivity index (χ3n) is 2.78. The van der Waals surface area contributed by atoms with E-state index in [0.717, 1.165) is 19.6 Å². The Labute approximate surface area is 123 Å². The Morgan fingerprint density at radius 2 is 1.75 bits per heavy atom. The van der Waals surface area contributed by atoms with E-state index in [-0.39, 0.29) is 0 Å². The molecule has 0 aliphatic carbocycles. The summed E-state index contributed by atoms with van der Waals surface area (Å²) in [5, 5.41) is 0.548. The zero-order chi connectivity index (χ0) is 11.7. The van der Waals surface area contributed by atoms with Crippen LogP contribution in [0, 0.1) is 0 Å². The fraction of sp³-hybridized carbons (Fsp3) is 0.455. The van der Waals surface area contributed by atoms with Crippen molar-refractivity contribution >= 4 is 62.3 Å². The Morgan fingerprint density at radius 3 is 2.38 bits per heavy atom. The monoisotopic (exact) mass is 306 g/mol. The lowest BCUT2D eigenvalue weighted by molar-refractivity contribution is 0.675. The van der Waals surface area contributed by atoms with Crippen LogP contribution in [0.4, 0.5) is 0 Å². The van der Waals surface area contributed by atoms with Gasteiger partial charge in [0.1, 0.15) is 0 Å². The van der Waals surface area contributed by atoms with E-state index in [1.54, 1.807) is 0 Å². The van der Waals surface area contributed by atoms with Crippen LogP contribution in [0.2, 0.25) is 0 Å². The largest absolute Gasteiger partial charge is 0.154 e. The van der Waals surface area contributed by atoms with Crippen LogP contribution in [0.1, 0.15) is 30.1 Å². The molecule has 1 aliphatic heterocycles. The molecule has 1 fully saturated rings. The van der Waals surface area contributed by atoms with E-state index in [9.17, 15) is 0 Å². The normalized spacial score (nSPS) is 21.1. The van der Waals surface area contributed by atoms with Gasteiger partial charge < -0.3 is 0 Å².